The van der Waals surface area contributed by atoms with Crippen LogP contribution in [0.1, 0.15) is 15.9 Å². The fourth-order valence-corrected chi connectivity index (χ4v) is 4.92. The Morgan fingerprint density at radius 2 is 1.44 bits per heavy atom. The summed E-state index contributed by atoms with van der Waals surface area (Å²) in [6, 6.07) is 25.9. The van der Waals surface area contributed by atoms with E-state index >= 15 is 0 Å². The highest BCUT2D eigenvalue weighted by atomic mass is 32.2. The quantitative estimate of drug-likeness (QED) is 0.124. The Labute approximate surface area is 265 Å². The minimum atomic E-state index is -0.543. The number of carbonyl (C=O) groups is 3. The van der Waals surface area contributed by atoms with Crippen molar-refractivity contribution in [3.8, 4) is 23.0 Å². The summed E-state index contributed by atoms with van der Waals surface area (Å²) in [5.41, 5.74) is 1.99. The average molecular weight is 628 g/mol. The van der Waals surface area contributed by atoms with Crippen LogP contribution in [0, 0.1) is 0 Å². The van der Waals surface area contributed by atoms with E-state index in [1.165, 1.54) is 33.1 Å². The van der Waals surface area contributed by atoms with Gasteiger partial charge in [-0.2, -0.15) is 0 Å². The molecule has 0 saturated carbocycles. The maximum atomic E-state index is 13.5. The molecule has 0 saturated heterocycles. The van der Waals surface area contributed by atoms with Crippen molar-refractivity contribution in [1.82, 2.24) is 5.32 Å². The molecule has 4 aromatic carbocycles. The minimum Gasteiger partial charge on any atom is -0.497 e. The molecule has 0 aliphatic carbocycles. The van der Waals surface area contributed by atoms with Gasteiger partial charge in [-0.15, -0.1) is 11.8 Å². The molecule has 11 heteroatoms. The Morgan fingerprint density at radius 1 is 0.711 bits per heavy atom. The summed E-state index contributed by atoms with van der Waals surface area (Å²) < 4.78 is 21.3. The van der Waals surface area contributed by atoms with E-state index in [1.54, 1.807) is 98.1 Å². The van der Waals surface area contributed by atoms with E-state index in [1.807, 2.05) is 6.07 Å². The number of benzene rings is 4. The molecule has 0 spiro atoms. The van der Waals surface area contributed by atoms with Crippen molar-refractivity contribution in [1.29, 1.82) is 0 Å². The Balaban J connectivity index is 1.49. The van der Waals surface area contributed by atoms with Crippen LogP contribution in [0.25, 0.3) is 6.08 Å². The van der Waals surface area contributed by atoms with Crippen LogP contribution in [0.3, 0.4) is 0 Å². The molecule has 3 N–H and O–H groups in total. The number of carbonyl (C=O) groups excluding carboxylic acids is 3. The van der Waals surface area contributed by atoms with Crippen molar-refractivity contribution < 1.29 is 33.3 Å². The maximum absolute atomic E-state index is 13.5. The second kappa shape index (κ2) is 15.9. The zero-order valence-corrected chi connectivity index (χ0v) is 26.0. The molecule has 232 valence electrons. The Kier molecular flexibility index (Phi) is 11.5. The summed E-state index contributed by atoms with van der Waals surface area (Å²) >= 11 is 1.29. The van der Waals surface area contributed by atoms with Crippen molar-refractivity contribution in [3.63, 3.8) is 0 Å². The van der Waals surface area contributed by atoms with Gasteiger partial charge < -0.3 is 34.9 Å². The number of nitrogens with one attached hydrogen (secondary N) is 3. The average Bonchev–Trinajstić information content (AvgIpc) is 3.07. The van der Waals surface area contributed by atoms with E-state index in [-0.39, 0.29) is 17.4 Å². The topological polar surface area (TPSA) is 124 Å². The van der Waals surface area contributed by atoms with Crippen LogP contribution in [-0.2, 0) is 9.59 Å². The molecule has 0 aliphatic rings. The normalized spacial score (nSPS) is 10.8. The fraction of sp³-hybridized carbons (Fsp3) is 0.147. The van der Waals surface area contributed by atoms with Crippen molar-refractivity contribution in [2.75, 3.05) is 44.8 Å². The fourth-order valence-electron chi connectivity index (χ4n) is 4.16. The molecule has 10 nitrogen and oxygen atoms in total. The van der Waals surface area contributed by atoms with Gasteiger partial charge in [0.1, 0.15) is 17.2 Å². The van der Waals surface area contributed by atoms with Gasteiger partial charge in [0.2, 0.25) is 5.91 Å². The number of rotatable bonds is 13. The number of hydrogen-bond donors (Lipinski definition) is 3. The predicted octanol–water partition coefficient (Wildman–Crippen LogP) is 5.86. The van der Waals surface area contributed by atoms with Gasteiger partial charge in [0.25, 0.3) is 11.8 Å². The smallest absolute Gasteiger partial charge is 0.272 e. The first kappa shape index (κ1) is 32.5. The first-order valence-corrected chi connectivity index (χ1v) is 14.7. The van der Waals surface area contributed by atoms with Gasteiger partial charge in [0.15, 0.2) is 11.5 Å². The molecule has 0 fully saturated rings. The summed E-state index contributed by atoms with van der Waals surface area (Å²) in [5, 5.41) is 8.41. The predicted molar refractivity (Wildman–Crippen MR) is 175 cm³/mol. The van der Waals surface area contributed by atoms with Crippen LogP contribution in [0.2, 0.25) is 0 Å². The highest BCUT2D eigenvalue weighted by Gasteiger charge is 2.16. The lowest BCUT2D eigenvalue weighted by Gasteiger charge is -2.13. The number of methoxy groups -OCH3 is 4. The molecule has 0 aliphatic heterocycles. The van der Waals surface area contributed by atoms with Gasteiger partial charge in [-0.1, -0.05) is 30.3 Å². The molecular weight excluding hydrogens is 594 g/mol. The van der Waals surface area contributed by atoms with Gasteiger partial charge in [-0.3, -0.25) is 14.4 Å². The molecule has 4 aromatic rings. The molecule has 0 unspecified atom stereocenters. The van der Waals surface area contributed by atoms with Crippen LogP contribution in [0.5, 0.6) is 23.0 Å². The van der Waals surface area contributed by atoms with Gasteiger partial charge in [-0.05, 0) is 66.2 Å². The summed E-state index contributed by atoms with van der Waals surface area (Å²) in [7, 11) is 6.11. The molecular formula is C34H33N3O7S. The SMILES string of the molecule is COc1ccc(OC)c(NC(=O)CSc2cccc(NC(=O)/C(=C\c3ccc(OC)c(OC)c3)NC(=O)c3ccccc3)c2)c1. The van der Waals surface area contributed by atoms with E-state index < -0.39 is 11.8 Å². The third-order valence-electron chi connectivity index (χ3n) is 6.39. The van der Waals surface area contributed by atoms with Crippen molar-refractivity contribution in [2.45, 2.75) is 4.90 Å². The van der Waals surface area contributed by atoms with Crippen molar-refractivity contribution in [2.24, 2.45) is 0 Å². The van der Waals surface area contributed by atoms with Gasteiger partial charge in [0.05, 0.1) is 39.9 Å². The van der Waals surface area contributed by atoms with Crippen molar-refractivity contribution >= 4 is 46.9 Å². The lowest BCUT2D eigenvalue weighted by Crippen LogP contribution is -2.30. The summed E-state index contributed by atoms with van der Waals surface area (Å²) in [5.74, 6) is 0.967. The summed E-state index contributed by atoms with van der Waals surface area (Å²) in [4.78, 5) is 40.0. The lowest BCUT2D eigenvalue weighted by atomic mass is 10.1. The highest BCUT2D eigenvalue weighted by Crippen LogP contribution is 2.30. The zero-order chi connectivity index (χ0) is 32.2. The Morgan fingerprint density at radius 3 is 2.16 bits per heavy atom. The third kappa shape index (κ3) is 9.04. The molecule has 0 heterocycles. The van der Waals surface area contributed by atoms with E-state index in [2.05, 4.69) is 16.0 Å². The molecule has 0 radical (unpaired) electrons. The molecule has 0 atom stereocenters. The van der Waals surface area contributed by atoms with Crippen LogP contribution in [0.4, 0.5) is 11.4 Å². The van der Waals surface area contributed by atoms with Crippen LogP contribution in [0.15, 0.2) is 102 Å². The first-order chi connectivity index (χ1) is 21.8. The van der Waals surface area contributed by atoms with E-state index in [9.17, 15) is 14.4 Å². The van der Waals surface area contributed by atoms with E-state index in [0.29, 0.717) is 45.5 Å². The molecule has 45 heavy (non-hydrogen) atoms. The Bertz CT molecular complexity index is 1690. The Hall–Kier alpha value is -5.42. The van der Waals surface area contributed by atoms with Crippen LogP contribution >= 0.6 is 11.8 Å². The van der Waals surface area contributed by atoms with Crippen LogP contribution in [-0.4, -0.2) is 51.9 Å². The van der Waals surface area contributed by atoms with Gasteiger partial charge >= 0.3 is 0 Å². The van der Waals surface area contributed by atoms with Crippen molar-refractivity contribution in [3.05, 3.63) is 108 Å². The largest absolute Gasteiger partial charge is 0.497 e. The number of hydrogen-bond acceptors (Lipinski definition) is 8. The second-order valence-electron chi connectivity index (χ2n) is 9.38. The number of thioether (sulfide) groups is 1. The number of amides is 3. The lowest BCUT2D eigenvalue weighted by molar-refractivity contribution is -0.114. The molecule has 0 bridgehead atoms. The zero-order valence-electron chi connectivity index (χ0n) is 25.2. The van der Waals surface area contributed by atoms with Crippen LogP contribution < -0.4 is 34.9 Å². The number of ether oxygens (including phenoxy) is 4. The minimum absolute atomic E-state index is 0.0146. The van der Waals surface area contributed by atoms with E-state index in [4.69, 9.17) is 18.9 Å². The standard InChI is InChI=1S/C34H33N3O7S/c1-41-25-14-16-29(42-2)27(20-25)36-32(38)21-45-26-12-8-11-24(19-26)35-34(40)28(37-33(39)23-9-6-5-7-10-23)17-22-13-15-30(43-3)31(18-22)44-4/h5-20H,21H2,1-4H3,(H,35,40)(H,36,38)(H,37,39)/b28-17+. The molecule has 3 amide bonds. The third-order valence-corrected chi connectivity index (χ3v) is 7.38. The van der Waals surface area contributed by atoms with Gasteiger partial charge in [0, 0.05) is 22.2 Å². The molecule has 4 rings (SSSR count). The first-order valence-electron chi connectivity index (χ1n) is 13.7. The van der Waals surface area contributed by atoms with E-state index in [0.717, 1.165) is 4.90 Å². The molecule has 0 aromatic heterocycles. The number of anilines is 2. The highest BCUT2D eigenvalue weighted by molar-refractivity contribution is 8.00. The monoisotopic (exact) mass is 627 g/mol. The second-order valence-corrected chi connectivity index (χ2v) is 10.4. The maximum Gasteiger partial charge on any atom is 0.272 e. The van der Waals surface area contributed by atoms with Gasteiger partial charge in [-0.25, -0.2) is 0 Å². The summed E-state index contributed by atoms with van der Waals surface area (Å²) in [6.45, 7) is 0. The summed E-state index contributed by atoms with van der Waals surface area (Å²) in [6.07, 6.45) is 1.55.